The third kappa shape index (κ3) is 1.82. The number of hydrogen-bond donors (Lipinski definition) is 0. The lowest BCUT2D eigenvalue weighted by molar-refractivity contribution is -0.179. The summed E-state index contributed by atoms with van der Waals surface area (Å²) in [7, 11) is 0. The smallest absolute Gasteiger partial charge is 0.309 e. The highest BCUT2D eigenvalue weighted by atomic mass is 16.6. The lowest BCUT2D eigenvalue weighted by Gasteiger charge is -2.58. The molecule has 1 saturated heterocycles. The maximum absolute atomic E-state index is 12.6. The molecular formula is C20H28O3. The van der Waals surface area contributed by atoms with E-state index in [0.29, 0.717) is 30.0 Å². The Morgan fingerprint density at radius 1 is 1.13 bits per heavy atom. The van der Waals surface area contributed by atoms with Gasteiger partial charge in [0.25, 0.3) is 0 Å². The molecule has 0 aromatic heterocycles. The highest BCUT2D eigenvalue weighted by Crippen LogP contribution is 2.68. The molecule has 3 nitrogen and oxygen atoms in total. The SMILES string of the molecule is CC1=C[C@@H]2[C@]3(C[C@@H](C)[C@H]4CC[C@H](C)[C@]42CC1=O)C[C@H](C)C(=O)O3. The van der Waals surface area contributed by atoms with Crippen molar-refractivity contribution in [3.8, 4) is 0 Å². The first-order valence-electron chi connectivity index (χ1n) is 9.24. The summed E-state index contributed by atoms with van der Waals surface area (Å²) >= 11 is 0. The number of ketones is 1. The van der Waals surface area contributed by atoms with Gasteiger partial charge in [0, 0.05) is 18.8 Å². The second-order valence-electron chi connectivity index (χ2n) is 8.90. The van der Waals surface area contributed by atoms with Gasteiger partial charge >= 0.3 is 5.97 Å². The van der Waals surface area contributed by atoms with Crippen LogP contribution in [-0.4, -0.2) is 17.4 Å². The van der Waals surface area contributed by atoms with E-state index in [4.69, 9.17) is 4.74 Å². The summed E-state index contributed by atoms with van der Waals surface area (Å²) in [5, 5.41) is 0. The van der Waals surface area contributed by atoms with Crippen LogP contribution in [0.5, 0.6) is 0 Å². The van der Waals surface area contributed by atoms with E-state index < -0.39 is 0 Å². The minimum Gasteiger partial charge on any atom is -0.458 e. The standard InChI is InChI=1S/C20H28O3/c1-11-7-17-19(9-13(3)18(22)23-19)8-12(2)15-6-5-14(4)20(15,17)10-16(11)21/h7,12-15,17H,5-6,8-10H2,1-4H3/t12-,13+,14+,15-,17-,19+,20-/m1/s1. The molecule has 4 rings (SSSR count). The zero-order valence-corrected chi connectivity index (χ0v) is 14.7. The third-order valence-electron chi connectivity index (χ3n) is 7.70. The Hall–Kier alpha value is -1.12. The van der Waals surface area contributed by atoms with Crippen LogP contribution in [0.4, 0.5) is 0 Å². The van der Waals surface area contributed by atoms with Crippen LogP contribution in [0.15, 0.2) is 11.6 Å². The molecule has 1 heterocycles. The Morgan fingerprint density at radius 3 is 2.52 bits per heavy atom. The summed E-state index contributed by atoms with van der Waals surface area (Å²) in [5.41, 5.74) is 0.522. The number of esters is 1. The quantitative estimate of drug-likeness (QED) is 0.636. The molecule has 3 heteroatoms. The lowest BCUT2D eigenvalue weighted by Crippen LogP contribution is -2.59. The van der Waals surface area contributed by atoms with Gasteiger partial charge in [-0.15, -0.1) is 0 Å². The summed E-state index contributed by atoms with van der Waals surface area (Å²) in [6.07, 6.45) is 7.05. The Kier molecular flexibility index (Phi) is 3.15. The molecule has 0 aromatic rings. The van der Waals surface area contributed by atoms with Crippen molar-refractivity contribution in [2.45, 2.75) is 65.4 Å². The number of rotatable bonds is 0. The number of allylic oxidation sites excluding steroid dienone is 1. The van der Waals surface area contributed by atoms with Crippen LogP contribution in [0.1, 0.15) is 59.8 Å². The fourth-order valence-electron chi connectivity index (χ4n) is 6.73. The maximum Gasteiger partial charge on any atom is 0.309 e. The number of fused-ring (bicyclic) bond motifs is 1. The first-order chi connectivity index (χ1) is 10.8. The Bertz CT molecular complexity index is 606. The Labute approximate surface area is 138 Å². The summed E-state index contributed by atoms with van der Waals surface area (Å²) in [6.45, 7) is 8.56. The van der Waals surface area contributed by atoms with Gasteiger partial charge in [-0.25, -0.2) is 0 Å². The van der Waals surface area contributed by atoms with Crippen LogP contribution in [0, 0.1) is 35.0 Å². The Morgan fingerprint density at radius 2 is 1.87 bits per heavy atom. The van der Waals surface area contributed by atoms with Crippen molar-refractivity contribution < 1.29 is 14.3 Å². The van der Waals surface area contributed by atoms with E-state index in [-0.39, 0.29) is 28.8 Å². The molecule has 0 radical (unpaired) electrons. The van der Waals surface area contributed by atoms with E-state index in [2.05, 4.69) is 19.9 Å². The van der Waals surface area contributed by atoms with Crippen molar-refractivity contribution in [3.63, 3.8) is 0 Å². The molecule has 2 saturated carbocycles. The molecule has 0 N–H and O–H groups in total. The predicted molar refractivity (Wildman–Crippen MR) is 87.6 cm³/mol. The normalized spacial score (nSPS) is 52.2. The molecule has 3 fully saturated rings. The van der Waals surface area contributed by atoms with Crippen LogP contribution in [0.2, 0.25) is 0 Å². The van der Waals surface area contributed by atoms with Crippen molar-refractivity contribution in [1.82, 2.24) is 0 Å². The first-order valence-corrected chi connectivity index (χ1v) is 9.24. The van der Waals surface area contributed by atoms with Crippen LogP contribution in [-0.2, 0) is 14.3 Å². The van der Waals surface area contributed by atoms with Crippen molar-refractivity contribution >= 4 is 11.8 Å². The zero-order valence-electron chi connectivity index (χ0n) is 14.7. The minimum absolute atomic E-state index is 0.0125. The van der Waals surface area contributed by atoms with E-state index in [1.165, 1.54) is 12.8 Å². The molecule has 126 valence electrons. The van der Waals surface area contributed by atoms with Gasteiger partial charge < -0.3 is 4.74 Å². The van der Waals surface area contributed by atoms with E-state index in [1.807, 2.05) is 13.8 Å². The molecule has 4 aliphatic rings. The van der Waals surface area contributed by atoms with Crippen molar-refractivity contribution in [2.75, 3.05) is 0 Å². The highest BCUT2D eigenvalue weighted by Gasteiger charge is 2.68. The molecular weight excluding hydrogens is 288 g/mol. The van der Waals surface area contributed by atoms with Gasteiger partial charge in [0.1, 0.15) is 5.60 Å². The zero-order chi connectivity index (χ0) is 16.6. The minimum atomic E-state index is -0.368. The highest BCUT2D eigenvalue weighted by molar-refractivity contribution is 5.96. The van der Waals surface area contributed by atoms with Crippen molar-refractivity contribution in [3.05, 3.63) is 11.6 Å². The number of carbonyl (C=O) groups is 2. The summed E-state index contributed by atoms with van der Waals surface area (Å²) in [6, 6.07) is 0. The van der Waals surface area contributed by atoms with Gasteiger partial charge in [-0.1, -0.05) is 26.8 Å². The number of hydrogen-bond acceptors (Lipinski definition) is 3. The lowest BCUT2D eigenvalue weighted by atomic mass is 9.47. The molecule has 0 bridgehead atoms. The molecule has 3 aliphatic carbocycles. The molecule has 2 spiro atoms. The molecule has 0 aromatic carbocycles. The molecule has 0 amide bonds. The van der Waals surface area contributed by atoms with Gasteiger partial charge in [0.2, 0.25) is 0 Å². The first kappa shape index (κ1) is 15.4. The van der Waals surface area contributed by atoms with E-state index in [0.717, 1.165) is 18.4 Å². The molecule has 0 unspecified atom stereocenters. The van der Waals surface area contributed by atoms with E-state index >= 15 is 0 Å². The van der Waals surface area contributed by atoms with Crippen molar-refractivity contribution in [1.29, 1.82) is 0 Å². The number of ether oxygens (including phenoxy) is 1. The topological polar surface area (TPSA) is 43.4 Å². The van der Waals surface area contributed by atoms with Gasteiger partial charge in [-0.05, 0) is 54.9 Å². The van der Waals surface area contributed by atoms with Gasteiger partial charge in [-0.3, -0.25) is 9.59 Å². The fourth-order valence-corrected chi connectivity index (χ4v) is 6.73. The van der Waals surface area contributed by atoms with Gasteiger partial charge in [0.05, 0.1) is 5.92 Å². The van der Waals surface area contributed by atoms with Crippen LogP contribution in [0.25, 0.3) is 0 Å². The second kappa shape index (κ2) is 4.70. The predicted octanol–water partition coefficient (Wildman–Crippen LogP) is 3.92. The molecule has 7 atom stereocenters. The maximum atomic E-state index is 12.6. The van der Waals surface area contributed by atoms with Crippen LogP contribution in [0.3, 0.4) is 0 Å². The number of carbonyl (C=O) groups excluding carboxylic acids is 2. The molecule has 23 heavy (non-hydrogen) atoms. The third-order valence-corrected chi connectivity index (χ3v) is 7.70. The van der Waals surface area contributed by atoms with Gasteiger partial charge in [-0.2, -0.15) is 0 Å². The Balaban J connectivity index is 1.88. The molecule has 1 aliphatic heterocycles. The second-order valence-corrected chi connectivity index (χ2v) is 8.90. The van der Waals surface area contributed by atoms with E-state index in [9.17, 15) is 9.59 Å². The van der Waals surface area contributed by atoms with Crippen LogP contribution < -0.4 is 0 Å². The van der Waals surface area contributed by atoms with E-state index in [1.54, 1.807) is 0 Å². The summed E-state index contributed by atoms with van der Waals surface area (Å²) < 4.78 is 6.08. The fraction of sp³-hybridized carbons (Fsp3) is 0.800. The van der Waals surface area contributed by atoms with Crippen molar-refractivity contribution in [2.24, 2.45) is 35.0 Å². The largest absolute Gasteiger partial charge is 0.458 e. The van der Waals surface area contributed by atoms with Gasteiger partial charge in [0.15, 0.2) is 5.78 Å². The average molecular weight is 316 g/mol. The number of Topliss-reactive ketones (excluding diaryl/α,β-unsaturated/α-hetero) is 1. The average Bonchev–Trinajstić information content (AvgIpc) is 2.93. The monoisotopic (exact) mass is 316 g/mol. The summed E-state index contributed by atoms with van der Waals surface area (Å²) in [5.74, 6) is 2.12. The van der Waals surface area contributed by atoms with Crippen LogP contribution >= 0.6 is 0 Å². The summed E-state index contributed by atoms with van der Waals surface area (Å²) in [4.78, 5) is 24.8.